The molecule has 0 saturated heterocycles. The van der Waals surface area contributed by atoms with Crippen LogP contribution >= 0.6 is 11.6 Å². The number of benzene rings is 2. The standard InChI is InChI=1S/C18H16ClF3N2O2/c1-11(25)12-3-2-4-14(9-12)24-17(26)7-8-23-16-6-5-13(19)10-15(16)18(20,21)22/h2-6,9-10,23H,7-8H2,1H3,(H,24,26). The summed E-state index contributed by atoms with van der Waals surface area (Å²) in [6.07, 6.45) is -4.60. The lowest BCUT2D eigenvalue weighted by Crippen LogP contribution is -2.18. The molecule has 0 spiro atoms. The second-order valence-electron chi connectivity index (χ2n) is 5.55. The number of carbonyl (C=O) groups excluding carboxylic acids is 2. The number of ketones is 1. The first-order valence-corrected chi connectivity index (χ1v) is 8.06. The van der Waals surface area contributed by atoms with Gasteiger partial charge in [0.2, 0.25) is 5.91 Å². The third-order valence-corrected chi connectivity index (χ3v) is 3.74. The van der Waals surface area contributed by atoms with Crippen LogP contribution in [-0.4, -0.2) is 18.2 Å². The number of carbonyl (C=O) groups is 2. The van der Waals surface area contributed by atoms with Gasteiger partial charge < -0.3 is 10.6 Å². The number of amides is 1. The van der Waals surface area contributed by atoms with Gasteiger partial charge in [0, 0.05) is 34.9 Å². The Labute approximate surface area is 153 Å². The summed E-state index contributed by atoms with van der Waals surface area (Å²) in [6.45, 7) is 1.41. The monoisotopic (exact) mass is 384 g/mol. The van der Waals surface area contributed by atoms with Gasteiger partial charge in [-0.3, -0.25) is 9.59 Å². The molecule has 2 aromatic rings. The summed E-state index contributed by atoms with van der Waals surface area (Å²) in [7, 11) is 0. The first-order valence-electron chi connectivity index (χ1n) is 7.68. The number of hydrogen-bond donors (Lipinski definition) is 2. The molecule has 2 N–H and O–H groups in total. The molecular formula is C18H16ClF3N2O2. The lowest BCUT2D eigenvalue weighted by atomic mass is 10.1. The third kappa shape index (κ3) is 5.49. The first kappa shape index (κ1) is 19.8. The van der Waals surface area contributed by atoms with E-state index < -0.39 is 11.7 Å². The molecule has 0 atom stereocenters. The molecule has 26 heavy (non-hydrogen) atoms. The van der Waals surface area contributed by atoms with Gasteiger partial charge in [-0.2, -0.15) is 13.2 Å². The Morgan fingerprint density at radius 2 is 1.85 bits per heavy atom. The van der Waals surface area contributed by atoms with Gasteiger partial charge in [-0.1, -0.05) is 23.7 Å². The molecule has 0 aliphatic heterocycles. The highest BCUT2D eigenvalue weighted by atomic mass is 35.5. The van der Waals surface area contributed by atoms with Crippen LogP contribution in [-0.2, 0) is 11.0 Å². The normalized spacial score (nSPS) is 11.1. The summed E-state index contributed by atoms with van der Waals surface area (Å²) >= 11 is 5.62. The van der Waals surface area contributed by atoms with Gasteiger partial charge in [0.05, 0.1) is 5.56 Å². The molecule has 0 radical (unpaired) electrons. The van der Waals surface area contributed by atoms with Crippen molar-refractivity contribution in [2.24, 2.45) is 0 Å². The van der Waals surface area contributed by atoms with Gasteiger partial charge in [0.1, 0.15) is 0 Å². The van der Waals surface area contributed by atoms with Gasteiger partial charge in [0.15, 0.2) is 5.78 Å². The summed E-state index contributed by atoms with van der Waals surface area (Å²) in [5.74, 6) is -0.522. The minimum atomic E-state index is -4.55. The van der Waals surface area contributed by atoms with Crippen LogP contribution in [0.15, 0.2) is 42.5 Å². The van der Waals surface area contributed by atoms with Crippen molar-refractivity contribution >= 4 is 34.7 Å². The molecule has 0 heterocycles. The Balaban J connectivity index is 1.95. The van der Waals surface area contributed by atoms with Crippen LogP contribution in [0.5, 0.6) is 0 Å². The van der Waals surface area contributed by atoms with E-state index in [0.29, 0.717) is 11.3 Å². The van der Waals surface area contributed by atoms with Crippen LogP contribution in [0, 0.1) is 0 Å². The second kappa shape index (κ2) is 8.23. The smallest absolute Gasteiger partial charge is 0.384 e. The molecule has 0 aromatic heterocycles. The average molecular weight is 385 g/mol. The molecule has 0 aliphatic rings. The number of halogens is 4. The Hall–Kier alpha value is -2.54. The predicted octanol–water partition coefficient (Wildman–Crippen LogP) is 5.00. The average Bonchev–Trinajstić information content (AvgIpc) is 2.55. The maximum Gasteiger partial charge on any atom is 0.418 e. The summed E-state index contributed by atoms with van der Waals surface area (Å²) < 4.78 is 39.0. The Bertz CT molecular complexity index is 822. The van der Waals surface area contributed by atoms with Crippen LogP contribution < -0.4 is 10.6 Å². The fourth-order valence-corrected chi connectivity index (χ4v) is 2.43. The van der Waals surface area contributed by atoms with E-state index in [2.05, 4.69) is 10.6 Å². The van der Waals surface area contributed by atoms with Crippen molar-refractivity contribution in [3.8, 4) is 0 Å². The molecule has 0 bridgehead atoms. The quantitative estimate of drug-likeness (QED) is 0.689. The summed E-state index contributed by atoms with van der Waals surface area (Å²) in [6, 6.07) is 9.81. The zero-order chi connectivity index (χ0) is 19.3. The van der Waals surface area contributed by atoms with Crippen LogP contribution in [0.3, 0.4) is 0 Å². The van der Waals surface area contributed by atoms with Crippen LogP contribution in [0.25, 0.3) is 0 Å². The third-order valence-electron chi connectivity index (χ3n) is 3.51. The maximum atomic E-state index is 13.0. The molecule has 8 heteroatoms. The van der Waals surface area contributed by atoms with Crippen LogP contribution in [0.4, 0.5) is 24.5 Å². The molecule has 0 saturated carbocycles. The van der Waals surface area contributed by atoms with Crippen molar-refractivity contribution in [2.75, 3.05) is 17.2 Å². The first-order chi connectivity index (χ1) is 12.2. The lowest BCUT2D eigenvalue weighted by molar-refractivity contribution is -0.137. The number of alkyl halides is 3. The van der Waals surface area contributed by atoms with E-state index in [9.17, 15) is 22.8 Å². The van der Waals surface area contributed by atoms with Crippen LogP contribution in [0.2, 0.25) is 5.02 Å². The van der Waals surface area contributed by atoms with E-state index in [1.807, 2.05) is 0 Å². The van der Waals surface area contributed by atoms with Gasteiger partial charge in [-0.25, -0.2) is 0 Å². The summed E-state index contributed by atoms with van der Waals surface area (Å²) in [4.78, 5) is 23.3. The lowest BCUT2D eigenvalue weighted by Gasteiger charge is -2.15. The van der Waals surface area contributed by atoms with Crippen molar-refractivity contribution in [1.82, 2.24) is 0 Å². The molecule has 138 valence electrons. The van der Waals surface area contributed by atoms with E-state index in [1.165, 1.54) is 25.1 Å². The number of hydrogen-bond acceptors (Lipinski definition) is 3. The maximum absolute atomic E-state index is 13.0. The topological polar surface area (TPSA) is 58.2 Å². The summed E-state index contributed by atoms with van der Waals surface area (Å²) in [5, 5.41) is 5.18. The van der Waals surface area contributed by atoms with Crippen LogP contribution in [0.1, 0.15) is 29.3 Å². The van der Waals surface area contributed by atoms with Gasteiger partial charge in [-0.05, 0) is 37.3 Å². The zero-order valence-electron chi connectivity index (χ0n) is 13.8. The van der Waals surface area contributed by atoms with E-state index >= 15 is 0 Å². The fraction of sp³-hybridized carbons (Fsp3) is 0.222. The molecule has 2 rings (SSSR count). The van der Waals surface area contributed by atoms with Crippen molar-refractivity contribution in [3.63, 3.8) is 0 Å². The van der Waals surface area contributed by atoms with Crippen molar-refractivity contribution < 1.29 is 22.8 Å². The molecule has 2 aromatic carbocycles. The highest BCUT2D eigenvalue weighted by Crippen LogP contribution is 2.36. The number of anilines is 2. The molecule has 4 nitrogen and oxygen atoms in total. The minimum absolute atomic E-state index is 0.00292. The van der Waals surface area contributed by atoms with Crippen molar-refractivity contribution in [1.29, 1.82) is 0 Å². The van der Waals surface area contributed by atoms with Crippen molar-refractivity contribution in [3.05, 3.63) is 58.6 Å². The number of rotatable bonds is 6. The van der Waals surface area contributed by atoms with Crippen molar-refractivity contribution in [2.45, 2.75) is 19.5 Å². The minimum Gasteiger partial charge on any atom is -0.384 e. The van der Waals surface area contributed by atoms with Gasteiger partial charge in [0.25, 0.3) is 0 Å². The highest BCUT2D eigenvalue weighted by molar-refractivity contribution is 6.30. The fourth-order valence-electron chi connectivity index (χ4n) is 2.26. The predicted molar refractivity (Wildman–Crippen MR) is 94.6 cm³/mol. The number of Topliss-reactive ketones (excluding diaryl/α,β-unsaturated/α-hetero) is 1. The molecular weight excluding hydrogens is 369 g/mol. The second-order valence-corrected chi connectivity index (χ2v) is 5.99. The SMILES string of the molecule is CC(=O)c1cccc(NC(=O)CCNc2ccc(Cl)cc2C(F)(F)F)c1. The number of nitrogens with one attached hydrogen (secondary N) is 2. The van der Waals surface area contributed by atoms with E-state index in [0.717, 1.165) is 6.07 Å². The summed E-state index contributed by atoms with van der Waals surface area (Å²) in [5.41, 5.74) is -0.130. The van der Waals surface area contributed by atoms with E-state index in [-0.39, 0.29) is 35.4 Å². The highest BCUT2D eigenvalue weighted by Gasteiger charge is 2.33. The zero-order valence-corrected chi connectivity index (χ0v) is 14.5. The molecule has 0 aliphatic carbocycles. The Kier molecular flexibility index (Phi) is 6.26. The van der Waals surface area contributed by atoms with Gasteiger partial charge >= 0.3 is 6.18 Å². The molecule has 0 fully saturated rings. The molecule has 1 amide bonds. The Morgan fingerprint density at radius 3 is 2.50 bits per heavy atom. The van der Waals surface area contributed by atoms with Gasteiger partial charge in [-0.15, -0.1) is 0 Å². The van der Waals surface area contributed by atoms with E-state index in [4.69, 9.17) is 11.6 Å². The van der Waals surface area contributed by atoms with E-state index in [1.54, 1.807) is 18.2 Å². The largest absolute Gasteiger partial charge is 0.418 e. The molecule has 0 unspecified atom stereocenters. The Morgan fingerprint density at radius 1 is 1.12 bits per heavy atom.